The van der Waals surface area contributed by atoms with Gasteiger partial charge < -0.3 is 10.6 Å². The maximum Gasteiger partial charge on any atom is 0.263 e. The number of aryl methyl sites for hydroxylation is 2. The van der Waals surface area contributed by atoms with Crippen molar-refractivity contribution in [2.24, 2.45) is 0 Å². The summed E-state index contributed by atoms with van der Waals surface area (Å²) < 4.78 is 40.3. The minimum Gasteiger partial charge on any atom is -0.332 e. The van der Waals surface area contributed by atoms with E-state index in [0.29, 0.717) is 18.5 Å². The van der Waals surface area contributed by atoms with Crippen molar-refractivity contribution in [1.29, 1.82) is 0 Å². The molecule has 0 radical (unpaired) electrons. The minimum absolute atomic E-state index is 0.0468. The van der Waals surface area contributed by atoms with Crippen LogP contribution in [-0.2, 0) is 27.7 Å². The third-order valence-corrected chi connectivity index (χ3v) is 6.89. The highest BCUT2D eigenvalue weighted by molar-refractivity contribution is 7.93. The number of benzene rings is 2. The molecule has 3 N–H and O–H groups in total. The first-order valence-corrected chi connectivity index (χ1v) is 12.3. The minimum atomic E-state index is -3.80. The molecule has 168 valence electrons. The van der Waals surface area contributed by atoms with Gasteiger partial charge in [-0.05, 0) is 67.0 Å². The van der Waals surface area contributed by atoms with Gasteiger partial charge in [-0.1, -0.05) is 30.4 Å². The number of thiocarbonyl (C=S) groups is 1. The number of nitrogens with one attached hydrogen (secondary N) is 3. The molecule has 0 aliphatic rings. The molecule has 3 rings (SSSR count). The number of anilines is 2. The van der Waals surface area contributed by atoms with E-state index in [0.717, 1.165) is 10.6 Å². The van der Waals surface area contributed by atoms with Gasteiger partial charge in [0.15, 0.2) is 5.11 Å². The van der Waals surface area contributed by atoms with Gasteiger partial charge in [0, 0.05) is 12.1 Å². The Morgan fingerprint density at radius 2 is 1.78 bits per heavy atom. The number of sulfonamides is 1. The summed E-state index contributed by atoms with van der Waals surface area (Å²) >= 11 is 6.31. The van der Waals surface area contributed by atoms with Gasteiger partial charge in [0.25, 0.3) is 10.0 Å². The number of hydrogen-bond donors (Lipinski definition) is 3. The Labute approximate surface area is 194 Å². The maximum atomic E-state index is 12.9. The highest BCUT2D eigenvalue weighted by Crippen LogP contribution is 2.21. The Balaban J connectivity index is 1.51. The molecule has 0 fully saturated rings. The van der Waals surface area contributed by atoms with Gasteiger partial charge >= 0.3 is 0 Å². The average molecular weight is 494 g/mol. The van der Waals surface area contributed by atoms with Gasteiger partial charge in [-0.2, -0.15) is 0 Å². The Hall–Kier alpha value is -2.96. The molecular weight excluding hydrogens is 473 g/mol. The third-order valence-electron chi connectivity index (χ3n) is 4.22. The zero-order valence-electron chi connectivity index (χ0n) is 17.0. The fraction of sp³-hybridized carbons (Fsp3) is 0.200. The van der Waals surface area contributed by atoms with Crippen LogP contribution in [0, 0.1) is 5.82 Å². The molecule has 0 aliphatic carbocycles. The Kier molecular flexibility index (Phi) is 7.83. The van der Waals surface area contributed by atoms with Crippen molar-refractivity contribution in [1.82, 2.24) is 15.5 Å². The summed E-state index contributed by atoms with van der Waals surface area (Å²) in [5, 5.41) is 14.1. The molecule has 1 heterocycles. The van der Waals surface area contributed by atoms with Crippen LogP contribution in [0.5, 0.6) is 0 Å². The van der Waals surface area contributed by atoms with Gasteiger partial charge in [0.05, 0.1) is 4.90 Å². The third kappa shape index (κ3) is 6.77. The van der Waals surface area contributed by atoms with Gasteiger partial charge in [0.1, 0.15) is 10.8 Å². The number of hydrogen-bond acceptors (Lipinski definition) is 7. The monoisotopic (exact) mass is 493 g/mol. The second-order valence-corrected chi connectivity index (χ2v) is 9.77. The number of aromatic nitrogens is 2. The van der Waals surface area contributed by atoms with E-state index < -0.39 is 10.0 Å². The topological polar surface area (TPSA) is 113 Å². The summed E-state index contributed by atoms with van der Waals surface area (Å²) in [5.74, 6) is -0.622. The van der Waals surface area contributed by atoms with Crippen LogP contribution < -0.4 is 15.4 Å². The first-order chi connectivity index (χ1) is 15.2. The molecule has 32 heavy (non-hydrogen) atoms. The molecule has 0 bridgehead atoms. The van der Waals surface area contributed by atoms with Crippen molar-refractivity contribution >= 4 is 55.4 Å². The molecule has 1 amide bonds. The van der Waals surface area contributed by atoms with E-state index in [-0.39, 0.29) is 33.3 Å². The van der Waals surface area contributed by atoms with Crippen molar-refractivity contribution in [3.63, 3.8) is 0 Å². The molecule has 1 aromatic heterocycles. The number of nitrogens with zero attached hydrogens (tertiary/aromatic N) is 2. The summed E-state index contributed by atoms with van der Waals surface area (Å²) in [6.45, 7) is 1.91. The number of carbonyl (C=O) groups excluding carboxylic acids is 1. The predicted molar refractivity (Wildman–Crippen MR) is 126 cm³/mol. The lowest BCUT2D eigenvalue weighted by Gasteiger charge is -2.10. The predicted octanol–water partition coefficient (Wildman–Crippen LogP) is 3.49. The molecule has 0 spiro atoms. The second-order valence-electron chi connectivity index (χ2n) is 6.61. The van der Waals surface area contributed by atoms with Crippen molar-refractivity contribution in [2.45, 2.75) is 31.1 Å². The van der Waals surface area contributed by atoms with Crippen LogP contribution >= 0.6 is 23.6 Å². The summed E-state index contributed by atoms with van der Waals surface area (Å²) in [4.78, 5) is 12.1. The summed E-state index contributed by atoms with van der Waals surface area (Å²) in [6, 6.07) is 11.8. The van der Waals surface area contributed by atoms with Gasteiger partial charge in [-0.15, -0.1) is 10.2 Å². The Morgan fingerprint density at radius 3 is 2.41 bits per heavy atom. The average Bonchev–Trinajstić information content (AvgIpc) is 3.20. The van der Waals surface area contributed by atoms with Crippen LogP contribution in [0.3, 0.4) is 0 Å². The van der Waals surface area contributed by atoms with Crippen LogP contribution in [0.25, 0.3) is 0 Å². The van der Waals surface area contributed by atoms with Crippen molar-refractivity contribution < 1.29 is 17.6 Å². The summed E-state index contributed by atoms with van der Waals surface area (Å²) in [5.41, 5.74) is 1.35. The normalized spacial score (nSPS) is 11.1. The van der Waals surface area contributed by atoms with E-state index in [4.69, 9.17) is 12.2 Å². The van der Waals surface area contributed by atoms with Crippen molar-refractivity contribution in [3.05, 3.63) is 64.9 Å². The Morgan fingerprint density at radius 1 is 1.09 bits per heavy atom. The lowest BCUT2D eigenvalue weighted by atomic mass is 10.1. The highest BCUT2D eigenvalue weighted by atomic mass is 32.2. The van der Waals surface area contributed by atoms with Crippen LogP contribution in [0.15, 0.2) is 53.4 Å². The molecule has 0 saturated carbocycles. The van der Waals surface area contributed by atoms with E-state index in [1.807, 2.05) is 6.92 Å². The van der Waals surface area contributed by atoms with E-state index in [1.54, 1.807) is 12.1 Å². The summed E-state index contributed by atoms with van der Waals surface area (Å²) in [6.07, 6.45) is 1.30. The molecular formula is C20H20FN5O3S3. The van der Waals surface area contributed by atoms with Crippen molar-refractivity contribution in [3.8, 4) is 0 Å². The Bertz CT molecular complexity index is 1200. The molecule has 0 saturated heterocycles. The molecule has 0 unspecified atom stereocenters. The first-order valence-electron chi connectivity index (χ1n) is 9.55. The zero-order valence-corrected chi connectivity index (χ0v) is 19.4. The van der Waals surface area contributed by atoms with Gasteiger partial charge in [-0.25, -0.2) is 12.8 Å². The van der Waals surface area contributed by atoms with E-state index >= 15 is 0 Å². The fourth-order valence-corrected chi connectivity index (χ4v) is 4.73. The first kappa shape index (κ1) is 23.7. The van der Waals surface area contributed by atoms with Crippen molar-refractivity contribution in [2.75, 3.05) is 10.0 Å². The smallest absolute Gasteiger partial charge is 0.263 e. The fourth-order valence-electron chi connectivity index (χ4n) is 2.59. The molecule has 2 aromatic carbocycles. The quantitative estimate of drug-likeness (QED) is 0.412. The number of carbonyl (C=O) groups is 1. The molecule has 0 atom stereocenters. The van der Waals surface area contributed by atoms with E-state index in [9.17, 15) is 17.6 Å². The number of halogens is 1. The standard InChI is InChI=1S/C20H20FN5O3S3/c1-2-18-24-25-20(31-18)26-32(28,29)16-10-8-15(9-11-16)22-19(30)23-17(27)12-5-13-3-6-14(21)7-4-13/h3-4,6-11H,2,5,12H2,1H3,(H,25,26)(H2,22,23,27,30). The van der Waals surface area contributed by atoms with E-state index in [1.165, 1.54) is 47.7 Å². The van der Waals surface area contributed by atoms with Crippen LogP contribution in [0.2, 0.25) is 0 Å². The second kappa shape index (κ2) is 10.6. The number of rotatable bonds is 8. The zero-order chi connectivity index (χ0) is 23.1. The number of amides is 1. The maximum absolute atomic E-state index is 12.9. The highest BCUT2D eigenvalue weighted by Gasteiger charge is 2.17. The van der Waals surface area contributed by atoms with E-state index in [2.05, 4.69) is 25.6 Å². The largest absolute Gasteiger partial charge is 0.332 e. The molecule has 0 aliphatic heterocycles. The summed E-state index contributed by atoms with van der Waals surface area (Å²) in [7, 11) is -3.80. The lowest BCUT2D eigenvalue weighted by Crippen LogP contribution is -2.34. The van der Waals surface area contributed by atoms with Crippen LogP contribution in [0.1, 0.15) is 23.9 Å². The van der Waals surface area contributed by atoms with Crippen LogP contribution in [0.4, 0.5) is 15.2 Å². The molecule has 8 nitrogen and oxygen atoms in total. The lowest BCUT2D eigenvalue weighted by molar-refractivity contribution is -0.119. The SMILES string of the molecule is CCc1nnc(NS(=O)(=O)c2ccc(NC(=S)NC(=O)CCc3ccc(F)cc3)cc2)s1. The molecule has 3 aromatic rings. The van der Waals surface area contributed by atoms with Gasteiger partial charge in [-0.3, -0.25) is 9.52 Å². The van der Waals surface area contributed by atoms with Crippen LogP contribution in [-0.4, -0.2) is 29.6 Å². The molecule has 12 heteroatoms. The van der Waals surface area contributed by atoms with Gasteiger partial charge in [0.2, 0.25) is 11.0 Å².